The van der Waals surface area contributed by atoms with Crippen LogP contribution >= 0.6 is 12.6 Å². The molecule has 17 heavy (non-hydrogen) atoms. The molecule has 0 aliphatic heterocycles. The van der Waals surface area contributed by atoms with Gasteiger partial charge >= 0.3 is 6.18 Å². The molecule has 1 atom stereocenters. The maximum atomic E-state index is 12.2. The molecule has 0 aliphatic carbocycles. The van der Waals surface area contributed by atoms with Gasteiger partial charge in [-0.15, -0.1) is 0 Å². The van der Waals surface area contributed by atoms with E-state index in [-0.39, 0.29) is 12.3 Å². The van der Waals surface area contributed by atoms with Gasteiger partial charge in [-0.05, 0) is 6.92 Å². The molecule has 0 aromatic rings. The third kappa shape index (κ3) is 6.40. The fourth-order valence-corrected chi connectivity index (χ4v) is 1.46. The van der Waals surface area contributed by atoms with Gasteiger partial charge in [-0.25, -0.2) is 0 Å². The van der Waals surface area contributed by atoms with E-state index in [1.807, 2.05) is 0 Å². The summed E-state index contributed by atoms with van der Waals surface area (Å²) in [7, 11) is 0. The predicted molar refractivity (Wildman–Crippen MR) is 59.8 cm³/mol. The number of likely N-dealkylation sites (N-methyl/N-ethyl adjacent to an activating group) is 1. The Morgan fingerprint density at radius 1 is 1.41 bits per heavy atom. The number of rotatable bonds is 5. The highest BCUT2D eigenvalue weighted by Gasteiger charge is 2.34. The van der Waals surface area contributed by atoms with Crippen molar-refractivity contribution in [3.8, 4) is 0 Å². The first-order valence-electron chi connectivity index (χ1n) is 4.94. The molecule has 0 radical (unpaired) electrons. The van der Waals surface area contributed by atoms with Crippen LogP contribution in [0.5, 0.6) is 0 Å². The van der Waals surface area contributed by atoms with Crippen LogP contribution in [0, 0.1) is 0 Å². The van der Waals surface area contributed by atoms with Gasteiger partial charge in [0.05, 0.1) is 0 Å². The second-order valence-electron chi connectivity index (χ2n) is 3.40. The first kappa shape index (κ1) is 16.1. The fraction of sp³-hybridized carbons (Fsp3) is 0.778. The number of carbonyl (C=O) groups is 2. The maximum absolute atomic E-state index is 12.2. The number of nitrogens with zero attached hydrogens (tertiary/aromatic N) is 1. The summed E-state index contributed by atoms with van der Waals surface area (Å²) in [5.74, 6) is -1.32. The minimum atomic E-state index is -4.46. The van der Waals surface area contributed by atoms with Gasteiger partial charge in [-0.2, -0.15) is 25.8 Å². The van der Waals surface area contributed by atoms with Crippen molar-refractivity contribution < 1.29 is 22.8 Å². The number of alkyl halides is 3. The lowest BCUT2D eigenvalue weighted by atomic mass is 10.2. The number of hydrogen-bond acceptors (Lipinski definition) is 3. The molecule has 0 aromatic carbocycles. The molecule has 0 heterocycles. The Hall–Kier alpha value is -0.920. The van der Waals surface area contributed by atoms with Gasteiger partial charge in [-0.3, -0.25) is 9.59 Å². The zero-order valence-corrected chi connectivity index (χ0v) is 10.4. The molecule has 0 bridgehead atoms. The molecule has 0 saturated carbocycles. The number of halogens is 3. The fourth-order valence-electron chi connectivity index (χ4n) is 1.21. The summed E-state index contributed by atoms with van der Waals surface area (Å²) >= 11 is 3.83. The van der Waals surface area contributed by atoms with Gasteiger partial charge in [0.1, 0.15) is 12.6 Å². The topological polar surface area (TPSA) is 49.4 Å². The summed E-state index contributed by atoms with van der Waals surface area (Å²) in [4.78, 5) is 23.1. The van der Waals surface area contributed by atoms with Crippen LogP contribution in [0.1, 0.15) is 13.8 Å². The predicted octanol–water partition coefficient (Wildman–Crippen LogP) is 0.832. The molecule has 0 aromatic heterocycles. The van der Waals surface area contributed by atoms with Crippen LogP contribution in [-0.2, 0) is 9.59 Å². The number of carbonyl (C=O) groups excluding carboxylic acids is 2. The third-order valence-corrected chi connectivity index (χ3v) is 2.29. The molecule has 1 N–H and O–H groups in total. The van der Waals surface area contributed by atoms with E-state index in [4.69, 9.17) is 0 Å². The van der Waals surface area contributed by atoms with Crippen LogP contribution in [0.4, 0.5) is 13.2 Å². The van der Waals surface area contributed by atoms with Gasteiger partial charge in [0.25, 0.3) is 0 Å². The lowest BCUT2D eigenvalue weighted by molar-refractivity contribution is -0.162. The molecule has 2 amide bonds. The number of hydrogen-bond donors (Lipinski definition) is 2. The highest BCUT2D eigenvalue weighted by Crippen LogP contribution is 2.17. The van der Waals surface area contributed by atoms with Crippen molar-refractivity contribution in [1.29, 1.82) is 0 Å². The van der Waals surface area contributed by atoms with E-state index < -0.39 is 30.6 Å². The summed E-state index contributed by atoms with van der Waals surface area (Å²) in [6.45, 7) is 1.21. The molecule has 100 valence electrons. The van der Waals surface area contributed by atoms with Crippen molar-refractivity contribution >= 4 is 24.4 Å². The van der Waals surface area contributed by atoms with Crippen LogP contribution in [0.2, 0.25) is 0 Å². The van der Waals surface area contributed by atoms with E-state index in [9.17, 15) is 22.8 Å². The summed E-state index contributed by atoms with van der Waals surface area (Å²) in [6, 6.07) is -1.03. The third-order valence-electron chi connectivity index (χ3n) is 1.92. The van der Waals surface area contributed by atoms with E-state index in [2.05, 4.69) is 17.9 Å². The van der Waals surface area contributed by atoms with Crippen molar-refractivity contribution in [2.24, 2.45) is 0 Å². The minimum absolute atomic E-state index is 0.0488. The monoisotopic (exact) mass is 272 g/mol. The summed E-state index contributed by atoms with van der Waals surface area (Å²) in [5, 5.41) is 2.26. The van der Waals surface area contributed by atoms with E-state index >= 15 is 0 Å². The smallest absolute Gasteiger partial charge is 0.344 e. The average molecular weight is 272 g/mol. The normalized spacial score (nSPS) is 13.1. The maximum Gasteiger partial charge on any atom is 0.406 e. The molecule has 0 spiro atoms. The van der Waals surface area contributed by atoms with Crippen molar-refractivity contribution in [3.63, 3.8) is 0 Å². The molecule has 0 aliphatic rings. The minimum Gasteiger partial charge on any atom is -0.344 e. The van der Waals surface area contributed by atoms with E-state index in [0.29, 0.717) is 4.90 Å². The van der Waals surface area contributed by atoms with Crippen molar-refractivity contribution in [2.75, 3.05) is 18.8 Å². The van der Waals surface area contributed by atoms with Crippen LogP contribution in [0.15, 0.2) is 0 Å². The van der Waals surface area contributed by atoms with Crippen molar-refractivity contribution in [2.45, 2.75) is 26.1 Å². The summed E-state index contributed by atoms with van der Waals surface area (Å²) in [6.07, 6.45) is -4.46. The molecule has 0 rings (SSSR count). The number of nitrogens with one attached hydrogen (secondary N) is 1. The Labute approximate surface area is 103 Å². The van der Waals surface area contributed by atoms with Gasteiger partial charge in [-0.1, -0.05) is 0 Å². The van der Waals surface area contributed by atoms with E-state index in [1.54, 1.807) is 0 Å². The molecule has 8 heteroatoms. The molecular formula is C9H15F3N2O2S. The van der Waals surface area contributed by atoms with Crippen molar-refractivity contribution in [1.82, 2.24) is 10.2 Å². The van der Waals surface area contributed by atoms with Gasteiger partial charge in [0, 0.05) is 19.2 Å². The zero-order valence-electron chi connectivity index (χ0n) is 9.54. The van der Waals surface area contributed by atoms with Crippen molar-refractivity contribution in [3.05, 3.63) is 0 Å². The summed E-state index contributed by atoms with van der Waals surface area (Å²) in [5.41, 5.74) is 0. The SMILES string of the molecule is CCN(CC(F)(F)F)C(=O)C(CS)NC(C)=O. The lowest BCUT2D eigenvalue weighted by Gasteiger charge is -2.26. The van der Waals surface area contributed by atoms with Gasteiger partial charge in [0.15, 0.2) is 0 Å². The van der Waals surface area contributed by atoms with Crippen LogP contribution in [0.3, 0.4) is 0 Å². The molecule has 0 saturated heterocycles. The summed E-state index contributed by atoms with van der Waals surface area (Å²) < 4.78 is 36.5. The van der Waals surface area contributed by atoms with Crippen LogP contribution in [-0.4, -0.2) is 47.8 Å². The highest BCUT2D eigenvalue weighted by atomic mass is 32.1. The second kappa shape index (κ2) is 6.73. The Bertz CT molecular complexity index is 284. The quantitative estimate of drug-likeness (QED) is 0.728. The standard InChI is InChI=1S/C9H15F3N2O2S/c1-3-14(5-9(10,11)12)8(16)7(4-17)13-6(2)15/h7,17H,3-5H2,1-2H3,(H,13,15). The first-order chi connectivity index (χ1) is 7.71. The largest absolute Gasteiger partial charge is 0.406 e. The molecule has 1 unspecified atom stereocenters. The highest BCUT2D eigenvalue weighted by molar-refractivity contribution is 7.80. The molecule has 0 fully saturated rings. The Balaban J connectivity index is 4.65. The molecular weight excluding hydrogens is 257 g/mol. The van der Waals surface area contributed by atoms with Crippen LogP contribution < -0.4 is 5.32 Å². The Kier molecular flexibility index (Phi) is 6.36. The Morgan fingerprint density at radius 2 is 1.94 bits per heavy atom. The number of amides is 2. The van der Waals surface area contributed by atoms with E-state index in [0.717, 1.165) is 0 Å². The zero-order chi connectivity index (χ0) is 13.6. The average Bonchev–Trinajstić information content (AvgIpc) is 2.20. The lowest BCUT2D eigenvalue weighted by Crippen LogP contribution is -2.51. The second-order valence-corrected chi connectivity index (χ2v) is 3.77. The van der Waals surface area contributed by atoms with Gasteiger partial charge < -0.3 is 10.2 Å². The van der Waals surface area contributed by atoms with Crippen LogP contribution in [0.25, 0.3) is 0 Å². The van der Waals surface area contributed by atoms with E-state index in [1.165, 1.54) is 13.8 Å². The Morgan fingerprint density at radius 3 is 2.24 bits per heavy atom. The van der Waals surface area contributed by atoms with Gasteiger partial charge in [0.2, 0.25) is 11.8 Å². The first-order valence-corrected chi connectivity index (χ1v) is 5.58. The number of thiol groups is 1. The molecule has 4 nitrogen and oxygen atoms in total.